The van der Waals surface area contributed by atoms with Gasteiger partial charge in [0, 0.05) is 27.6 Å². The molecular formula is C9H8BrNO3. The number of hydrogen-bond acceptors (Lipinski definition) is 3. The maximum atomic E-state index is 10.4. The number of nitro groups is 1. The Morgan fingerprint density at radius 3 is 2.79 bits per heavy atom. The Kier molecular flexibility index (Phi) is 3.64. The van der Waals surface area contributed by atoms with Crippen molar-refractivity contribution in [2.45, 2.75) is 0 Å². The molecule has 0 aliphatic carbocycles. The quantitative estimate of drug-likeness (QED) is 0.475. The highest BCUT2D eigenvalue weighted by atomic mass is 79.9. The lowest BCUT2D eigenvalue weighted by atomic mass is 10.2. The smallest absolute Gasteiger partial charge is 0.311 e. The summed E-state index contributed by atoms with van der Waals surface area (Å²) in [4.78, 5) is 9.85. The lowest BCUT2D eigenvalue weighted by molar-refractivity contribution is -0.407. The van der Waals surface area contributed by atoms with E-state index in [-0.39, 0.29) is 4.61 Å². The summed E-state index contributed by atoms with van der Waals surface area (Å²) in [6.45, 7) is 0. The van der Waals surface area contributed by atoms with E-state index in [9.17, 15) is 10.1 Å². The second-order valence-corrected chi connectivity index (χ2v) is 3.28. The molecule has 0 unspecified atom stereocenters. The van der Waals surface area contributed by atoms with Crippen LogP contribution in [0.3, 0.4) is 0 Å². The topological polar surface area (TPSA) is 52.4 Å². The highest BCUT2D eigenvalue weighted by molar-refractivity contribution is 9.11. The Balaban J connectivity index is 3.07. The summed E-state index contributed by atoms with van der Waals surface area (Å²) in [7, 11) is 1.52. The molecule has 0 aromatic heterocycles. The molecule has 1 aromatic carbocycles. The van der Waals surface area contributed by atoms with Crippen molar-refractivity contribution < 1.29 is 9.66 Å². The molecule has 5 heteroatoms. The molecule has 0 saturated heterocycles. The summed E-state index contributed by atoms with van der Waals surface area (Å²) in [5, 5.41) is 10.4. The normalized spacial score (nSPS) is 11.1. The largest absolute Gasteiger partial charge is 0.496 e. The molecule has 14 heavy (non-hydrogen) atoms. The molecule has 0 aliphatic heterocycles. The van der Waals surface area contributed by atoms with Crippen molar-refractivity contribution >= 4 is 22.0 Å². The first-order chi connectivity index (χ1) is 6.65. The van der Waals surface area contributed by atoms with E-state index < -0.39 is 4.92 Å². The van der Waals surface area contributed by atoms with Gasteiger partial charge in [0.1, 0.15) is 5.75 Å². The van der Waals surface area contributed by atoms with Crippen LogP contribution in [0.15, 0.2) is 28.9 Å². The zero-order valence-electron chi connectivity index (χ0n) is 7.44. The van der Waals surface area contributed by atoms with Gasteiger partial charge in [-0.1, -0.05) is 18.2 Å². The van der Waals surface area contributed by atoms with E-state index in [0.717, 1.165) is 0 Å². The lowest BCUT2D eigenvalue weighted by Gasteiger charge is -2.02. The molecule has 74 valence electrons. The Bertz CT molecular complexity index is 376. The Hall–Kier alpha value is -1.36. The van der Waals surface area contributed by atoms with E-state index in [2.05, 4.69) is 15.9 Å². The van der Waals surface area contributed by atoms with Gasteiger partial charge >= 0.3 is 4.61 Å². The average Bonchev–Trinajstić information content (AvgIpc) is 2.18. The molecule has 4 nitrogen and oxygen atoms in total. The van der Waals surface area contributed by atoms with Crippen molar-refractivity contribution in [3.63, 3.8) is 0 Å². The molecule has 0 N–H and O–H groups in total. The molecule has 0 amide bonds. The fourth-order valence-corrected chi connectivity index (χ4v) is 1.21. The van der Waals surface area contributed by atoms with Crippen LogP contribution in [0.5, 0.6) is 5.75 Å². The monoisotopic (exact) mass is 257 g/mol. The molecule has 0 radical (unpaired) electrons. The van der Waals surface area contributed by atoms with Gasteiger partial charge in [-0.25, -0.2) is 0 Å². The minimum absolute atomic E-state index is 0.0954. The third kappa shape index (κ3) is 2.56. The molecular weight excluding hydrogens is 250 g/mol. The second kappa shape index (κ2) is 4.76. The van der Waals surface area contributed by atoms with Crippen LogP contribution in [0.25, 0.3) is 6.08 Å². The number of para-hydroxylation sites is 1. The zero-order valence-corrected chi connectivity index (χ0v) is 9.02. The molecule has 0 heterocycles. The average molecular weight is 258 g/mol. The number of hydrogen-bond donors (Lipinski definition) is 0. The van der Waals surface area contributed by atoms with E-state index in [0.29, 0.717) is 11.3 Å². The highest BCUT2D eigenvalue weighted by Gasteiger charge is 2.07. The zero-order chi connectivity index (χ0) is 10.6. The van der Waals surface area contributed by atoms with Crippen LogP contribution < -0.4 is 4.74 Å². The van der Waals surface area contributed by atoms with Gasteiger partial charge in [0.15, 0.2) is 0 Å². The number of halogens is 1. The lowest BCUT2D eigenvalue weighted by Crippen LogP contribution is -1.91. The summed E-state index contributed by atoms with van der Waals surface area (Å²) in [5.74, 6) is 0.603. The number of benzene rings is 1. The first-order valence-electron chi connectivity index (χ1n) is 3.79. The third-order valence-corrected chi connectivity index (χ3v) is 2.11. The molecule has 0 saturated carbocycles. The Morgan fingerprint density at radius 1 is 1.57 bits per heavy atom. The number of nitrogens with zero attached hydrogens (tertiary/aromatic N) is 1. The first-order valence-corrected chi connectivity index (χ1v) is 4.59. The van der Waals surface area contributed by atoms with Crippen molar-refractivity contribution in [2.75, 3.05) is 7.11 Å². The second-order valence-electron chi connectivity index (χ2n) is 2.47. The van der Waals surface area contributed by atoms with Crippen molar-refractivity contribution in [1.29, 1.82) is 0 Å². The highest BCUT2D eigenvalue weighted by Crippen LogP contribution is 2.22. The van der Waals surface area contributed by atoms with Crippen LogP contribution in [0, 0.1) is 10.1 Å². The van der Waals surface area contributed by atoms with Crippen molar-refractivity contribution in [3.8, 4) is 5.75 Å². The fourth-order valence-electron chi connectivity index (χ4n) is 0.967. The third-order valence-electron chi connectivity index (χ3n) is 1.59. The van der Waals surface area contributed by atoms with Crippen molar-refractivity contribution in [3.05, 3.63) is 44.5 Å². The van der Waals surface area contributed by atoms with Crippen LogP contribution in [0.1, 0.15) is 5.56 Å². The Labute approximate surface area is 89.5 Å². The van der Waals surface area contributed by atoms with Gasteiger partial charge in [-0.15, -0.1) is 0 Å². The first kappa shape index (κ1) is 10.7. The van der Waals surface area contributed by atoms with E-state index in [1.165, 1.54) is 13.2 Å². The summed E-state index contributed by atoms with van der Waals surface area (Å²) < 4.78 is 4.94. The Morgan fingerprint density at radius 2 is 2.21 bits per heavy atom. The van der Waals surface area contributed by atoms with Crippen LogP contribution >= 0.6 is 15.9 Å². The number of rotatable bonds is 3. The van der Waals surface area contributed by atoms with Crippen LogP contribution in [-0.4, -0.2) is 12.0 Å². The molecule has 1 aromatic rings. The van der Waals surface area contributed by atoms with E-state index in [4.69, 9.17) is 4.74 Å². The van der Waals surface area contributed by atoms with Gasteiger partial charge in [-0.3, -0.25) is 10.1 Å². The standard InChI is InChI=1S/C9H8BrNO3/c1-14-8-5-3-2-4-7(8)6-9(10)11(12)13/h2-6H,1H3. The summed E-state index contributed by atoms with van der Waals surface area (Å²) in [6.07, 6.45) is 1.40. The van der Waals surface area contributed by atoms with E-state index in [1.54, 1.807) is 24.3 Å². The van der Waals surface area contributed by atoms with Crippen molar-refractivity contribution in [2.24, 2.45) is 0 Å². The predicted octanol–water partition coefficient (Wildman–Crippen LogP) is 2.67. The maximum absolute atomic E-state index is 10.4. The van der Waals surface area contributed by atoms with Crippen molar-refractivity contribution in [1.82, 2.24) is 0 Å². The van der Waals surface area contributed by atoms with E-state index in [1.807, 2.05) is 0 Å². The predicted molar refractivity (Wildman–Crippen MR) is 56.9 cm³/mol. The van der Waals surface area contributed by atoms with Crippen LogP contribution in [-0.2, 0) is 0 Å². The van der Waals surface area contributed by atoms with Gasteiger partial charge in [-0.05, 0) is 6.07 Å². The van der Waals surface area contributed by atoms with Gasteiger partial charge < -0.3 is 4.74 Å². The van der Waals surface area contributed by atoms with Gasteiger partial charge in [0.05, 0.1) is 12.0 Å². The van der Waals surface area contributed by atoms with Gasteiger partial charge in [0.2, 0.25) is 0 Å². The molecule has 0 fully saturated rings. The number of ether oxygens (including phenoxy) is 1. The van der Waals surface area contributed by atoms with Crippen LogP contribution in [0.2, 0.25) is 0 Å². The molecule has 0 spiro atoms. The molecule has 1 rings (SSSR count). The minimum Gasteiger partial charge on any atom is -0.496 e. The number of methoxy groups -OCH3 is 1. The summed E-state index contributed by atoms with van der Waals surface area (Å²) in [5.41, 5.74) is 0.665. The SMILES string of the molecule is COc1ccccc1C=C(Br)[N+](=O)[O-]. The van der Waals surface area contributed by atoms with E-state index >= 15 is 0 Å². The van der Waals surface area contributed by atoms with Gasteiger partial charge in [0.25, 0.3) is 0 Å². The maximum Gasteiger partial charge on any atom is 0.311 e. The molecule has 0 aliphatic rings. The van der Waals surface area contributed by atoms with Crippen LogP contribution in [0.4, 0.5) is 0 Å². The molecule has 0 atom stereocenters. The molecule has 0 bridgehead atoms. The van der Waals surface area contributed by atoms with Gasteiger partial charge in [-0.2, -0.15) is 0 Å². The summed E-state index contributed by atoms with van der Waals surface area (Å²) >= 11 is 2.85. The minimum atomic E-state index is -0.508. The fraction of sp³-hybridized carbons (Fsp3) is 0.111. The summed E-state index contributed by atoms with van der Waals surface area (Å²) in [6, 6.07) is 7.07.